The van der Waals surface area contributed by atoms with Gasteiger partial charge in [-0.1, -0.05) is 0 Å². The molecule has 0 saturated heterocycles. The summed E-state index contributed by atoms with van der Waals surface area (Å²) >= 11 is 0. The van der Waals surface area contributed by atoms with Gasteiger partial charge in [0.25, 0.3) is 5.91 Å². The largest absolute Gasteiger partial charge is 0.508 e. The molecule has 4 saturated carbocycles. The lowest BCUT2D eigenvalue weighted by Crippen LogP contribution is -2.51. The average Bonchev–Trinajstić information content (AvgIpc) is 3.05. The number of phenolic OH excluding ortho intramolecular Hbond substituents is 1. The van der Waals surface area contributed by atoms with Gasteiger partial charge in [0.05, 0.1) is 12.7 Å². The molecule has 6 rings (SSSR count). The molecule has 29 heavy (non-hydrogen) atoms. The molecular formula is C23H27NO5. The number of carbonyl (C=O) groups is 2. The van der Waals surface area contributed by atoms with E-state index in [1.807, 2.05) is 0 Å². The van der Waals surface area contributed by atoms with Gasteiger partial charge in [-0.25, -0.2) is 0 Å². The number of hydrogen-bond acceptors (Lipinski definition) is 5. The predicted octanol–water partition coefficient (Wildman–Crippen LogP) is 3.56. The van der Waals surface area contributed by atoms with Crippen LogP contribution in [-0.4, -0.2) is 30.1 Å². The number of amides is 1. The number of benzene rings is 1. The van der Waals surface area contributed by atoms with E-state index < -0.39 is 5.97 Å². The van der Waals surface area contributed by atoms with Gasteiger partial charge < -0.3 is 19.6 Å². The minimum absolute atomic E-state index is 0.0278. The first kappa shape index (κ1) is 18.5. The number of esters is 1. The summed E-state index contributed by atoms with van der Waals surface area (Å²) in [5.74, 6) is 1.96. The van der Waals surface area contributed by atoms with Crippen molar-refractivity contribution in [3.8, 4) is 5.75 Å². The number of phenols is 1. The summed E-state index contributed by atoms with van der Waals surface area (Å²) in [4.78, 5) is 24.4. The van der Waals surface area contributed by atoms with Gasteiger partial charge in [0.2, 0.25) is 0 Å². The van der Waals surface area contributed by atoms with E-state index >= 15 is 0 Å². The van der Waals surface area contributed by atoms with Crippen LogP contribution in [0.5, 0.6) is 5.75 Å². The van der Waals surface area contributed by atoms with Gasteiger partial charge >= 0.3 is 5.97 Å². The molecule has 1 aromatic carbocycles. The highest BCUT2D eigenvalue weighted by molar-refractivity contribution is 5.87. The number of hydrogen-bond donors (Lipinski definition) is 2. The van der Waals surface area contributed by atoms with Crippen LogP contribution in [0.2, 0.25) is 0 Å². The highest BCUT2D eigenvalue weighted by Crippen LogP contribution is 2.59. The second kappa shape index (κ2) is 7.08. The minimum Gasteiger partial charge on any atom is -0.508 e. The zero-order valence-electron chi connectivity index (χ0n) is 16.5. The van der Waals surface area contributed by atoms with Gasteiger partial charge in [-0.05, 0) is 73.8 Å². The van der Waals surface area contributed by atoms with E-state index in [1.54, 1.807) is 12.1 Å². The second-order valence-corrected chi connectivity index (χ2v) is 9.47. The molecule has 0 atom stereocenters. The van der Waals surface area contributed by atoms with Crippen LogP contribution in [0.4, 0.5) is 0 Å². The summed E-state index contributed by atoms with van der Waals surface area (Å²) in [5, 5.41) is 13.3. The number of rotatable bonds is 6. The Bertz CT molecular complexity index is 911. The van der Waals surface area contributed by atoms with Gasteiger partial charge in [-0.3, -0.25) is 9.59 Å². The Kier molecular flexibility index (Phi) is 4.52. The van der Waals surface area contributed by atoms with Crippen molar-refractivity contribution in [1.29, 1.82) is 0 Å². The zero-order chi connectivity index (χ0) is 20.0. The maximum absolute atomic E-state index is 12.3. The van der Waals surface area contributed by atoms with E-state index in [0.717, 1.165) is 23.1 Å². The highest BCUT2D eigenvalue weighted by Gasteiger charge is 2.50. The monoisotopic (exact) mass is 397 g/mol. The van der Waals surface area contributed by atoms with Crippen molar-refractivity contribution < 1.29 is 23.8 Å². The summed E-state index contributed by atoms with van der Waals surface area (Å²) in [6, 6.07) is 4.75. The Labute approximate surface area is 169 Å². The summed E-state index contributed by atoms with van der Waals surface area (Å²) in [6.45, 7) is 0.463. The van der Waals surface area contributed by atoms with E-state index in [0.29, 0.717) is 17.7 Å². The van der Waals surface area contributed by atoms with E-state index in [2.05, 4.69) is 5.32 Å². The predicted molar refractivity (Wildman–Crippen MR) is 106 cm³/mol. The van der Waals surface area contributed by atoms with Crippen LogP contribution in [-0.2, 0) is 20.7 Å². The molecule has 4 bridgehead atoms. The van der Waals surface area contributed by atoms with Crippen molar-refractivity contribution in [3.63, 3.8) is 0 Å². The van der Waals surface area contributed by atoms with Gasteiger partial charge in [-0.15, -0.1) is 0 Å². The number of furan rings is 1. The highest BCUT2D eigenvalue weighted by atomic mass is 16.5. The molecule has 0 radical (unpaired) electrons. The fourth-order valence-corrected chi connectivity index (χ4v) is 6.41. The summed E-state index contributed by atoms with van der Waals surface area (Å²) in [7, 11) is 0. The van der Waals surface area contributed by atoms with Crippen molar-refractivity contribution in [2.75, 3.05) is 13.2 Å². The third kappa shape index (κ3) is 3.72. The molecule has 0 aliphatic heterocycles. The molecule has 1 heterocycles. The quantitative estimate of drug-likeness (QED) is 0.728. The normalized spacial score (nSPS) is 29.9. The minimum atomic E-state index is -0.467. The average molecular weight is 397 g/mol. The molecule has 154 valence electrons. The molecule has 4 aliphatic rings. The maximum atomic E-state index is 12.3. The Balaban J connectivity index is 1.11. The molecule has 6 heteroatoms. The summed E-state index contributed by atoms with van der Waals surface area (Å²) in [5.41, 5.74) is 1.47. The smallest absolute Gasteiger partial charge is 0.310 e. The van der Waals surface area contributed by atoms with Gasteiger partial charge in [0.15, 0.2) is 6.61 Å². The second-order valence-electron chi connectivity index (χ2n) is 9.47. The SMILES string of the molecule is O=C(COC(=O)Cc1coc2cc(O)ccc12)NCC12CC3CC(CC(C3)C1)C2. The Morgan fingerprint density at radius 3 is 2.52 bits per heavy atom. The molecular weight excluding hydrogens is 370 g/mol. The number of carbonyl (C=O) groups excluding carboxylic acids is 2. The van der Waals surface area contributed by atoms with Crippen LogP contribution in [0.1, 0.15) is 44.1 Å². The van der Waals surface area contributed by atoms with E-state index in [9.17, 15) is 14.7 Å². The lowest BCUT2D eigenvalue weighted by atomic mass is 9.49. The lowest BCUT2D eigenvalue weighted by Gasteiger charge is -2.56. The standard InChI is InChI=1S/C23H27NO5/c25-18-1-2-19-17(11-28-20(19)7-18)6-22(27)29-12-21(26)24-13-23-8-14-3-15(9-23)5-16(4-14)10-23/h1-2,7,11,14-16,25H,3-6,8-10,12-13H2,(H,24,26). The Hall–Kier alpha value is -2.50. The van der Waals surface area contributed by atoms with Crippen molar-refractivity contribution in [3.05, 3.63) is 30.0 Å². The molecule has 0 spiro atoms. The first-order chi connectivity index (χ1) is 14.0. The third-order valence-electron chi connectivity index (χ3n) is 7.16. The van der Waals surface area contributed by atoms with Crippen LogP contribution in [0, 0.1) is 23.2 Å². The molecule has 1 aromatic heterocycles. The number of ether oxygens (including phenoxy) is 1. The van der Waals surface area contributed by atoms with Crippen molar-refractivity contribution in [2.24, 2.45) is 23.2 Å². The first-order valence-electron chi connectivity index (χ1n) is 10.6. The zero-order valence-corrected chi connectivity index (χ0v) is 16.5. The number of fused-ring (bicyclic) bond motifs is 1. The molecule has 0 unspecified atom stereocenters. The van der Waals surface area contributed by atoms with Gasteiger partial charge in [0.1, 0.15) is 11.3 Å². The van der Waals surface area contributed by atoms with Crippen LogP contribution < -0.4 is 5.32 Å². The van der Waals surface area contributed by atoms with Crippen LogP contribution >= 0.6 is 0 Å². The fraction of sp³-hybridized carbons (Fsp3) is 0.565. The van der Waals surface area contributed by atoms with E-state index in [-0.39, 0.29) is 30.1 Å². The fourth-order valence-electron chi connectivity index (χ4n) is 6.41. The molecule has 6 nitrogen and oxygen atoms in total. The van der Waals surface area contributed by atoms with Crippen LogP contribution in [0.25, 0.3) is 11.0 Å². The van der Waals surface area contributed by atoms with Gasteiger partial charge in [0, 0.05) is 23.6 Å². The topological polar surface area (TPSA) is 88.8 Å². The molecule has 1 amide bonds. The van der Waals surface area contributed by atoms with Gasteiger partial charge in [-0.2, -0.15) is 0 Å². The summed E-state index contributed by atoms with van der Waals surface area (Å²) in [6.07, 6.45) is 9.37. The number of nitrogens with one attached hydrogen (secondary N) is 1. The molecule has 2 N–H and O–H groups in total. The Morgan fingerprint density at radius 1 is 1.14 bits per heavy atom. The first-order valence-corrected chi connectivity index (χ1v) is 10.6. The van der Waals surface area contributed by atoms with Crippen molar-refractivity contribution in [2.45, 2.75) is 44.9 Å². The molecule has 4 aliphatic carbocycles. The third-order valence-corrected chi connectivity index (χ3v) is 7.16. The molecule has 2 aromatic rings. The van der Waals surface area contributed by atoms with Crippen molar-refractivity contribution in [1.82, 2.24) is 5.32 Å². The lowest BCUT2D eigenvalue weighted by molar-refractivity contribution is -0.148. The Morgan fingerprint density at radius 2 is 1.83 bits per heavy atom. The number of aromatic hydroxyl groups is 1. The van der Waals surface area contributed by atoms with Crippen molar-refractivity contribution >= 4 is 22.8 Å². The van der Waals surface area contributed by atoms with Crippen LogP contribution in [0.3, 0.4) is 0 Å². The summed E-state index contributed by atoms with van der Waals surface area (Å²) < 4.78 is 10.5. The van der Waals surface area contributed by atoms with Crippen LogP contribution in [0.15, 0.2) is 28.9 Å². The molecule has 4 fully saturated rings. The maximum Gasteiger partial charge on any atom is 0.310 e. The van der Waals surface area contributed by atoms with E-state index in [1.165, 1.54) is 50.9 Å². The van der Waals surface area contributed by atoms with E-state index in [4.69, 9.17) is 9.15 Å².